The third-order valence-electron chi connectivity index (χ3n) is 11.5. The normalized spacial score (nSPS) is 35.9. The van der Waals surface area contributed by atoms with Gasteiger partial charge in [-0.05, 0) is 61.8 Å². The largest absolute Gasteiger partial charge is 0.361 e. The van der Waals surface area contributed by atoms with Crippen molar-refractivity contribution in [3.05, 3.63) is 35.5 Å². The Labute approximate surface area is 253 Å². The Kier molecular flexibility index (Phi) is 6.38. The molecular weight excluding hydrogens is 546 g/mol. The fourth-order valence-electron chi connectivity index (χ4n) is 8.76. The molecule has 0 bridgehead atoms. The van der Waals surface area contributed by atoms with E-state index in [9.17, 15) is 19.5 Å². The maximum atomic E-state index is 14.6. The lowest BCUT2D eigenvalue weighted by atomic mass is 9.72. The van der Waals surface area contributed by atoms with Crippen molar-refractivity contribution in [1.29, 1.82) is 0 Å². The number of likely N-dealkylation sites (tertiary alicyclic amines) is 1. The van der Waals surface area contributed by atoms with Crippen LogP contribution in [0.5, 0.6) is 0 Å². The first-order valence-corrected chi connectivity index (χ1v) is 16.0. The number of amides is 3. The summed E-state index contributed by atoms with van der Waals surface area (Å²) in [5.74, 6) is -3.67. The van der Waals surface area contributed by atoms with Crippen molar-refractivity contribution < 1.29 is 24.2 Å². The lowest BCUT2D eigenvalue weighted by Gasteiger charge is -2.52. The molecule has 43 heavy (non-hydrogen) atoms. The molecule has 2 aromatic rings. The number of fused-ring (bicyclic) bond motifs is 5. The van der Waals surface area contributed by atoms with E-state index in [0.29, 0.717) is 32.4 Å². The van der Waals surface area contributed by atoms with E-state index < -0.39 is 41.0 Å². The number of nitrogens with zero attached hydrogens (tertiary/aromatic N) is 3. The van der Waals surface area contributed by atoms with Crippen molar-refractivity contribution in [2.45, 2.75) is 102 Å². The molecule has 5 aliphatic rings. The van der Waals surface area contributed by atoms with Gasteiger partial charge in [-0.3, -0.25) is 24.0 Å². The highest BCUT2D eigenvalue weighted by Crippen LogP contribution is 2.51. The van der Waals surface area contributed by atoms with Crippen LogP contribution in [0.25, 0.3) is 10.9 Å². The van der Waals surface area contributed by atoms with Gasteiger partial charge in [0.25, 0.3) is 11.8 Å². The van der Waals surface area contributed by atoms with Crippen LogP contribution in [0.15, 0.2) is 24.4 Å². The molecule has 4 fully saturated rings. The average molecular weight is 592 g/mol. The van der Waals surface area contributed by atoms with E-state index in [4.69, 9.17) is 4.74 Å². The number of carbonyl (C=O) groups excluding carboxylic acids is 3. The fraction of sp³-hybridized carbons (Fsp3) is 0.667. The van der Waals surface area contributed by atoms with Gasteiger partial charge in [0.05, 0.1) is 5.92 Å². The number of piperazine rings is 1. The number of piperidine rings is 1. The number of carbonyl (C=O) groups is 3. The standard InChI is InChI=1S/C33H45N5O5/c1-7-31(4,5)27-29(40)37-13-9-12-25(37)33(42)38(27)30(41)32(43-33,18(2)3)35-28(39)20-14-22-21-10-8-11-23-26(21)19(16-34-23)15-24(22)36(6)17-20/h8,10-11,16,18,20,22,24-25,27,34,42H,7,9,12-15,17H2,1-6H3,(H,35,39)/t20-,22+,24-,25-,27+,32-,33+/m1/s1. The summed E-state index contributed by atoms with van der Waals surface area (Å²) in [4.78, 5) is 51.4. The van der Waals surface area contributed by atoms with Gasteiger partial charge >= 0.3 is 0 Å². The Morgan fingerprint density at radius 3 is 2.77 bits per heavy atom. The van der Waals surface area contributed by atoms with Gasteiger partial charge in [-0.15, -0.1) is 0 Å². The summed E-state index contributed by atoms with van der Waals surface area (Å²) < 4.78 is 6.51. The van der Waals surface area contributed by atoms with Crippen LogP contribution in [0.4, 0.5) is 0 Å². The highest BCUT2D eigenvalue weighted by molar-refractivity contribution is 5.98. The average Bonchev–Trinajstić information content (AvgIpc) is 3.68. The van der Waals surface area contributed by atoms with Crippen molar-refractivity contribution in [3.63, 3.8) is 0 Å². The zero-order valence-corrected chi connectivity index (χ0v) is 26.1. The maximum absolute atomic E-state index is 14.6. The molecule has 0 unspecified atom stereocenters. The van der Waals surface area contributed by atoms with E-state index in [-0.39, 0.29) is 29.7 Å². The number of hydrogen-bond acceptors (Lipinski definition) is 6. The van der Waals surface area contributed by atoms with Crippen molar-refractivity contribution in [2.75, 3.05) is 20.1 Å². The molecule has 3 amide bonds. The van der Waals surface area contributed by atoms with E-state index in [2.05, 4.69) is 46.6 Å². The van der Waals surface area contributed by atoms with E-state index in [1.165, 1.54) is 21.4 Å². The first-order valence-electron chi connectivity index (χ1n) is 16.0. The summed E-state index contributed by atoms with van der Waals surface area (Å²) in [6, 6.07) is 5.05. The van der Waals surface area contributed by atoms with Gasteiger partial charge < -0.3 is 25.2 Å². The van der Waals surface area contributed by atoms with Crippen LogP contribution in [0.3, 0.4) is 0 Å². The number of aliphatic hydroxyl groups is 1. The SMILES string of the molecule is CCC(C)(C)[C@@H]1C(=O)N2CCC[C@@H]2[C@]2(O)O[C@](NC(=O)[C@@H]3C[C@H]4c5cccc6[nH]cc(c56)C[C@H]4N(C)C3)(C(C)C)C(=O)N12. The predicted molar refractivity (Wildman–Crippen MR) is 160 cm³/mol. The van der Waals surface area contributed by atoms with Gasteiger partial charge in [0, 0.05) is 48.1 Å². The minimum atomic E-state index is -2.02. The van der Waals surface area contributed by atoms with Crippen molar-refractivity contribution in [2.24, 2.45) is 17.3 Å². The van der Waals surface area contributed by atoms with E-state index in [0.717, 1.165) is 18.4 Å². The molecule has 7 atom stereocenters. The van der Waals surface area contributed by atoms with Crippen LogP contribution < -0.4 is 5.32 Å². The van der Waals surface area contributed by atoms with Crippen molar-refractivity contribution >= 4 is 28.6 Å². The molecule has 1 aromatic carbocycles. The van der Waals surface area contributed by atoms with Gasteiger partial charge in [0.15, 0.2) is 0 Å². The monoisotopic (exact) mass is 591 g/mol. The molecule has 0 saturated carbocycles. The van der Waals surface area contributed by atoms with E-state index in [1.54, 1.807) is 4.90 Å². The van der Waals surface area contributed by atoms with Crippen molar-refractivity contribution in [1.82, 2.24) is 25.0 Å². The molecular formula is C33H45N5O5. The van der Waals surface area contributed by atoms with Crippen LogP contribution in [0.2, 0.25) is 0 Å². The first kappa shape index (κ1) is 28.8. The molecule has 10 nitrogen and oxygen atoms in total. The summed E-state index contributed by atoms with van der Waals surface area (Å²) >= 11 is 0. The van der Waals surface area contributed by atoms with Crippen LogP contribution in [-0.2, 0) is 25.5 Å². The topological polar surface area (TPSA) is 118 Å². The van der Waals surface area contributed by atoms with Gasteiger partial charge in [-0.2, -0.15) is 0 Å². The number of hydrogen-bond donors (Lipinski definition) is 3. The number of aromatic amines is 1. The van der Waals surface area contributed by atoms with Crippen molar-refractivity contribution in [3.8, 4) is 0 Å². The maximum Gasteiger partial charge on any atom is 0.281 e. The molecule has 1 aliphatic carbocycles. The number of H-pyrrole nitrogens is 1. The van der Waals surface area contributed by atoms with Crippen LogP contribution in [-0.4, -0.2) is 92.4 Å². The van der Waals surface area contributed by atoms with Gasteiger partial charge in [-0.1, -0.05) is 46.8 Å². The van der Waals surface area contributed by atoms with Crippen LogP contribution in [0, 0.1) is 17.3 Å². The highest BCUT2D eigenvalue weighted by Gasteiger charge is 2.73. The molecule has 4 saturated heterocycles. The second kappa shape index (κ2) is 9.52. The lowest BCUT2D eigenvalue weighted by Crippen LogP contribution is -2.73. The van der Waals surface area contributed by atoms with Gasteiger partial charge in [-0.25, -0.2) is 0 Å². The second-order valence-electron chi connectivity index (χ2n) is 14.6. The van der Waals surface area contributed by atoms with Gasteiger partial charge in [0.1, 0.15) is 12.1 Å². The predicted octanol–water partition coefficient (Wildman–Crippen LogP) is 2.91. The summed E-state index contributed by atoms with van der Waals surface area (Å²) in [6.45, 7) is 10.6. The third kappa shape index (κ3) is 3.85. The highest BCUT2D eigenvalue weighted by atomic mass is 16.7. The quantitative estimate of drug-likeness (QED) is 0.492. The second-order valence-corrected chi connectivity index (χ2v) is 14.6. The summed E-state index contributed by atoms with van der Waals surface area (Å²) in [7, 11) is 2.07. The Hall–Kier alpha value is -2.95. The number of aromatic nitrogens is 1. The van der Waals surface area contributed by atoms with E-state index in [1.807, 2.05) is 34.6 Å². The van der Waals surface area contributed by atoms with Crippen LogP contribution in [0.1, 0.15) is 77.3 Å². The molecule has 10 heteroatoms. The molecule has 1 aromatic heterocycles. The summed E-state index contributed by atoms with van der Waals surface area (Å²) in [5.41, 5.74) is 1.29. The Morgan fingerprint density at radius 2 is 2.05 bits per heavy atom. The summed E-state index contributed by atoms with van der Waals surface area (Å²) in [5, 5.41) is 16.6. The number of benzene rings is 1. The van der Waals surface area contributed by atoms with E-state index >= 15 is 0 Å². The number of nitrogens with one attached hydrogen (secondary N) is 2. The molecule has 3 N–H and O–H groups in total. The van der Waals surface area contributed by atoms with Gasteiger partial charge in [0.2, 0.25) is 17.5 Å². The van der Waals surface area contributed by atoms with Crippen LogP contribution >= 0.6 is 0 Å². The smallest absolute Gasteiger partial charge is 0.281 e. The lowest BCUT2D eigenvalue weighted by molar-refractivity contribution is -0.326. The molecule has 4 aliphatic heterocycles. The number of likely N-dealkylation sites (N-methyl/N-ethyl adjacent to an activating group) is 1. The fourth-order valence-corrected chi connectivity index (χ4v) is 8.76. The molecule has 0 spiro atoms. The summed E-state index contributed by atoms with van der Waals surface area (Å²) in [6.07, 6.45) is 5.55. The Morgan fingerprint density at radius 1 is 1.28 bits per heavy atom. The third-order valence-corrected chi connectivity index (χ3v) is 11.5. The molecule has 7 rings (SSSR count). The Balaban J connectivity index is 1.22. The molecule has 5 heterocycles. The first-order chi connectivity index (χ1) is 20.3. The minimum Gasteiger partial charge on any atom is -0.361 e. The Bertz CT molecular complexity index is 1500. The zero-order valence-electron chi connectivity index (χ0n) is 26.1. The zero-order chi connectivity index (χ0) is 30.6. The molecule has 232 valence electrons. The minimum absolute atomic E-state index is 0.155. The number of ether oxygens (including phenoxy) is 1. The molecule has 0 radical (unpaired) electrons. The number of rotatable bonds is 5.